The van der Waals surface area contributed by atoms with E-state index in [9.17, 15) is 14.8 Å². The van der Waals surface area contributed by atoms with Crippen LogP contribution in [0.15, 0.2) is 0 Å². The number of hydroxylamine groups is 4. The van der Waals surface area contributed by atoms with Crippen LogP contribution in [0.2, 0.25) is 0 Å². The van der Waals surface area contributed by atoms with Crippen molar-refractivity contribution in [1.29, 1.82) is 0 Å². The molecule has 1 N–H and O–H groups in total. The fraction of sp³-hybridized carbons (Fsp3) is 0.933. The zero-order valence-corrected chi connectivity index (χ0v) is 25.9. The van der Waals surface area contributed by atoms with Crippen molar-refractivity contribution < 1.29 is 29.1 Å². The lowest BCUT2D eigenvalue weighted by Crippen LogP contribution is -2.61. The minimum absolute atomic E-state index is 0.102. The molecule has 1 unspecified atom stereocenters. The van der Waals surface area contributed by atoms with Crippen LogP contribution < -0.4 is 0 Å². The second-order valence-electron chi connectivity index (χ2n) is 14.2. The molecule has 2 aliphatic rings. The molecule has 0 radical (unpaired) electrons. The van der Waals surface area contributed by atoms with Crippen LogP contribution in [0.4, 0.5) is 0 Å². The van der Waals surface area contributed by atoms with Gasteiger partial charge >= 0.3 is 11.9 Å². The molecule has 0 aromatic rings. The quantitative estimate of drug-likeness (QED) is 0.224. The van der Waals surface area contributed by atoms with E-state index < -0.39 is 11.1 Å². The fourth-order valence-corrected chi connectivity index (χ4v) is 6.90. The average molecular weight is 541 g/mol. The topological polar surface area (TPSA) is 88.5 Å². The van der Waals surface area contributed by atoms with Crippen LogP contribution in [0.25, 0.3) is 0 Å². The number of carbonyl (C=O) groups is 2. The van der Waals surface area contributed by atoms with Gasteiger partial charge in [0.15, 0.2) is 0 Å². The molecule has 0 amide bonds. The second-order valence-corrected chi connectivity index (χ2v) is 14.2. The molecule has 0 spiro atoms. The van der Waals surface area contributed by atoms with Crippen molar-refractivity contribution in [3.05, 3.63) is 0 Å². The molecule has 2 aliphatic heterocycles. The van der Waals surface area contributed by atoms with Gasteiger partial charge in [-0.05, 0) is 68.2 Å². The highest BCUT2D eigenvalue weighted by molar-refractivity contribution is 5.72. The third-order valence-electron chi connectivity index (χ3n) is 8.34. The molecule has 0 aliphatic carbocycles. The highest BCUT2D eigenvalue weighted by atomic mass is 16.7. The highest BCUT2D eigenvalue weighted by Gasteiger charge is 2.48. The van der Waals surface area contributed by atoms with Gasteiger partial charge in [-0.15, -0.1) is 0 Å². The monoisotopic (exact) mass is 540 g/mol. The molecular weight excluding hydrogens is 484 g/mol. The van der Waals surface area contributed by atoms with E-state index in [0.29, 0.717) is 19.3 Å². The average Bonchev–Trinajstić information content (AvgIpc) is 2.74. The number of unbranched alkanes of at least 4 members (excludes halogenated alkanes) is 4. The summed E-state index contributed by atoms with van der Waals surface area (Å²) in [6, 6.07) is 0. The molecule has 2 saturated heterocycles. The summed E-state index contributed by atoms with van der Waals surface area (Å²) in [6.45, 7) is 18.4. The van der Waals surface area contributed by atoms with Gasteiger partial charge in [0, 0.05) is 54.3 Å². The molecule has 1 atom stereocenters. The number of piperidine rings is 2. The first kappa shape index (κ1) is 33.0. The lowest BCUT2D eigenvalue weighted by Gasteiger charge is -2.52. The van der Waals surface area contributed by atoms with E-state index in [1.807, 2.05) is 39.7 Å². The van der Waals surface area contributed by atoms with Gasteiger partial charge in [-0.3, -0.25) is 9.59 Å². The predicted molar refractivity (Wildman–Crippen MR) is 149 cm³/mol. The second kappa shape index (κ2) is 13.0. The van der Waals surface area contributed by atoms with Gasteiger partial charge in [0.1, 0.15) is 12.2 Å². The molecule has 2 heterocycles. The van der Waals surface area contributed by atoms with Crippen LogP contribution >= 0.6 is 0 Å². The Morgan fingerprint density at radius 3 is 1.74 bits per heavy atom. The maximum Gasteiger partial charge on any atom is 0.308 e. The van der Waals surface area contributed by atoms with Crippen LogP contribution in [0.1, 0.15) is 133 Å². The number of hydrogen-bond donors (Lipinski definition) is 1. The number of ether oxygens (including phenoxy) is 2. The smallest absolute Gasteiger partial charge is 0.308 e. The highest BCUT2D eigenvalue weighted by Crippen LogP contribution is 2.40. The molecule has 38 heavy (non-hydrogen) atoms. The number of hydrogen-bond acceptors (Lipinski definition) is 8. The Balaban J connectivity index is 1.61. The van der Waals surface area contributed by atoms with Crippen molar-refractivity contribution >= 4 is 11.9 Å². The van der Waals surface area contributed by atoms with Gasteiger partial charge in [-0.25, -0.2) is 0 Å². The third kappa shape index (κ3) is 8.90. The minimum atomic E-state index is -0.426. The van der Waals surface area contributed by atoms with Crippen molar-refractivity contribution in [1.82, 2.24) is 10.1 Å². The Morgan fingerprint density at radius 2 is 1.21 bits per heavy atom. The van der Waals surface area contributed by atoms with Crippen molar-refractivity contribution in [3.8, 4) is 0 Å². The molecule has 0 aromatic heterocycles. The summed E-state index contributed by atoms with van der Waals surface area (Å²) >= 11 is 0. The Bertz CT molecular complexity index is 758. The van der Waals surface area contributed by atoms with E-state index in [2.05, 4.69) is 27.7 Å². The van der Waals surface area contributed by atoms with Gasteiger partial charge in [0.25, 0.3) is 0 Å². The molecule has 222 valence electrons. The van der Waals surface area contributed by atoms with Crippen LogP contribution in [-0.4, -0.2) is 68.7 Å². The Kier molecular flexibility index (Phi) is 11.3. The van der Waals surface area contributed by atoms with Crippen molar-refractivity contribution in [3.63, 3.8) is 0 Å². The van der Waals surface area contributed by atoms with Gasteiger partial charge in [-0.1, -0.05) is 32.6 Å². The normalized spacial score (nSPS) is 24.6. The van der Waals surface area contributed by atoms with E-state index in [1.165, 1.54) is 5.06 Å². The van der Waals surface area contributed by atoms with Crippen LogP contribution in [-0.2, 0) is 23.9 Å². The van der Waals surface area contributed by atoms with Gasteiger partial charge < -0.3 is 19.5 Å². The number of carbonyl (C=O) groups excluding carboxylic acids is 2. The molecule has 0 bridgehead atoms. The largest absolute Gasteiger partial charge is 0.462 e. The molecular formula is C30H56N2O6. The standard InChI is InChI=1S/C30H56N2O6/c1-22(26(34)38-24-20-29(6,7)32(36-10)30(8,9)21-24)16-14-12-11-13-15-17-25(33)37-23-18-27(2,3)31(35)28(4,5)19-23/h22-24,35H,11-21H2,1-10H3. The zero-order chi connectivity index (χ0) is 28.9. The third-order valence-corrected chi connectivity index (χ3v) is 8.34. The molecule has 2 fully saturated rings. The summed E-state index contributed by atoms with van der Waals surface area (Å²) in [5, 5.41) is 13.8. The maximum atomic E-state index is 12.8. The van der Waals surface area contributed by atoms with E-state index >= 15 is 0 Å². The summed E-state index contributed by atoms with van der Waals surface area (Å²) < 4.78 is 11.7. The van der Waals surface area contributed by atoms with Crippen molar-refractivity contribution in [2.24, 2.45) is 5.92 Å². The number of nitrogens with zero attached hydrogens (tertiary/aromatic N) is 2. The number of esters is 2. The fourth-order valence-electron chi connectivity index (χ4n) is 6.90. The van der Waals surface area contributed by atoms with Crippen LogP contribution in [0, 0.1) is 5.92 Å². The van der Waals surface area contributed by atoms with E-state index in [-0.39, 0.29) is 41.1 Å². The summed E-state index contributed by atoms with van der Waals surface area (Å²) in [7, 11) is 1.70. The molecule has 0 aromatic carbocycles. The first-order valence-corrected chi connectivity index (χ1v) is 14.6. The predicted octanol–water partition coefficient (Wildman–Crippen LogP) is 6.43. The summed E-state index contributed by atoms with van der Waals surface area (Å²) in [5.74, 6) is -0.365. The Morgan fingerprint density at radius 1 is 0.763 bits per heavy atom. The van der Waals surface area contributed by atoms with Gasteiger partial charge in [0.2, 0.25) is 0 Å². The molecule has 8 heteroatoms. The molecule has 0 saturated carbocycles. The zero-order valence-electron chi connectivity index (χ0n) is 25.9. The maximum absolute atomic E-state index is 12.8. The van der Waals surface area contributed by atoms with Gasteiger partial charge in [0.05, 0.1) is 13.0 Å². The first-order chi connectivity index (χ1) is 17.4. The van der Waals surface area contributed by atoms with Crippen molar-refractivity contribution in [2.75, 3.05) is 7.11 Å². The van der Waals surface area contributed by atoms with E-state index in [0.717, 1.165) is 51.4 Å². The first-order valence-electron chi connectivity index (χ1n) is 14.6. The number of rotatable bonds is 12. The molecule has 8 nitrogen and oxygen atoms in total. The lowest BCUT2D eigenvalue weighted by atomic mass is 9.80. The Hall–Kier alpha value is -1.22. The van der Waals surface area contributed by atoms with E-state index in [1.54, 1.807) is 7.11 Å². The van der Waals surface area contributed by atoms with Crippen LogP contribution in [0.5, 0.6) is 0 Å². The molecule has 2 rings (SSSR count). The Labute approximate surface area is 231 Å². The van der Waals surface area contributed by atoms with Gasteiger partial charge in [-0.2, -0.15) is 10.1 Å². The lowest BCUT2D eigenvalue weighted by molar-refractivity contribution is -0.278. The van der Waals surface area contributed by atoms with Crippen LogP contribution in [0.3, 0.4) is 0 Å². The summed E-state index contributed by atoms with van der Waals surface area (Å²) in [6.07, 6.45) is 8.57. The SMILES string of the molecule is CON1C(C)(C)CC(OC(=O)C(C)CCCCCCCC(=O)OC2CC(C)(C)N(O)C(C)(C)C2)CC1(C)C. The minimum Gasteiger partial charge on any atom is -0.462 e. The summed E-state index contributed by atoms with van der Waals surface area (Å²) in [4.78, 5) is 30.8. The summed E-state index contributed by atoms with van der Waals surface area (Å²) in [5.41, 5.74) is -1.27. The van der Waals surface area contributed by atoms with E-state index in [4.69, 9.17) is 14.3 Å². The van der Waals surface area contributed by atoms with Crippen molar-refractivity contribution in [2.45, 2.75) is 167 Å².